The van der Waals surface area contributed by atoms with Crippen LogP contribution in [-0.2, 0) is 5.75 Å². The van der Waals surface area contributed by atoms with E-state index in [1.54, 1.807) is 35.2 Å². The highest BCUT2D eigenvalue weighted by molar-refractivity contribution is 7.98. The van der Waals surface area contributed by atoms with Crippen molar-refractivity contribution >= 4 is 34.0 Å². The van der Waals surface area contributed by atoms with Crippen molar-refractivity contribution in [2.75, 3.05) is 0 Å². The minimum Gasteiger partial charge on any atom is -0.299 e. The van der Waals surface area contributed by atoms with Crippen LogP contribution < -0.4 is 0 Å². The molecule has 2 aromatic carbocycles. The van der Waals surface area contributed by atoms with Crippen molar-refractivity contribution in [3.8, 4) is 22.0 Å². The van der Waals surface area contributed by atoms with Crippen LogP contribution in [0.2, 0.25) is 0 Å². The third-order valence-electron chi connectivity index (χ3n) is 5.88. The summed E-state index contributed by atoms with van der Waals surface area (Å²) < 4.78 is 15.8. The molecule has 0 unspecified atom stereocenters. The Morgan fingerprint density at radius 3 is 2.56 bits per heavy atom. The van der Waals surface area contributed by atoms with E-state index >= 15 is 0 Å². The van der Waals surface area contributed by atoms with E-state index in [4.69, 9.17) is 4.98 Å². The van der Waals surface area contributed by atoms with E-state index in [1.165, 1.54) is 17.2 Å². The minimum absolute atomic E-state index is 0.153. The number of fused-ring (bicyclic) bond motifs is 1. The minimum atomic E-state index is -0.223. The summed E-state index contributed by atoms with van der Waals surface area (Å²) in [5, 5.41) is 13.2. The van der Waals surface area contributed by atoms with E-state index in [9.17, 15) is 4.39 Å². The topological polar surface area (TPSA) is 43.6 Å². The molecule has 3 aromatic heterocycles. The van der Waals surface area contributed by atoms with Gasteiger partial charge in [0.25, 0.3) is 0 Å². The number of pyridine rings is 1. The van der Waals surface area contributed by atoms with E-state index in [0.717, 1.165) is 43.6 Å². The van der Waals surface area contributed by atoms with Gasteiger partial charge in [-0.15, -0.1) is 21.5 Å². The first kappa shape index (κ1) is 22.7. The van der Waals surface area contributed by atoms with Gasteiger partial charge < -0.3 is 0 Å². The molecule has 0 aliphatic carbocycles. The van der Waals surface area contributed by atoms with Crippen LogP contribution in [0.25, 0.3) is 32.9 Å². The monoisotopic (exact) mass is 488 g/mol. The molecule has 5 aromatic rings. The number of thioether (sulfide) groups is 1. The number of hydrogen-bond donors (Lipinski definition) is 0. The van der Waals surface area contributed by atoms with Gasteiger partial charge in [-0.3, -0.25) is 4.57 Å². The Bertz CT molecular complexity index is 1470. The lowest BCUT2D eigenvalue weighted by atomic mass is 10.0. The number of halogens is 1. The van der Waals surface area contributed by atoms with Crippen LogP contribution >= 0.6 is 23.1 Å². The largest absolute Gasteiger partial charge is 0.299 e. The molecule has 172 valence electrons. The molecular weight excluding hydrogens is 463 g/mol. The van der Waals surface area contributed by atoms with E-state index in [0.29, 0.717) is 5.75 Å². The summed E-state index contributed by atoms with van der Waals surface area (Å²) in [5.41, 5.74) is 6.27. The zero-order chi connectivity index (χ0) is 23.8. The average molecular weight is 489 g/mol. The Morgan fingerprint density at radius 1 is 1.00 bits per heavy atom. The lowest BCUT2D eigenvalue weighted by Gasteiger charge is -2.16. The maximum absolute atomic E-state index is 13.6. The van der Waals surface area contributed by atoms with Crippen LogP contribution in [0.4, 0.5) is 4.39 Å². The average Bonchev–Trinajstić information content (AvgIpc) is 3.48. The molecule has 3 heterocycles. The SMILES string of the molecule is Cc1cc2nc(-c3cccs3)cc(-c3nnc(SCc4cccc(F)c4)n3C(C)C)c2cc1C. The van der Waals surface area contributed by atoms with Crippen molar-refractivity contribution in [3.63, 3.8) is 0 Å². The number of thiophene rings is 1. The molecule has 0 radical (unpaired) electrons. The summed E-state index contributed by atoms with van der Waals surface area (Å²) in [4.78, 5) is 6.11. The maximum atomic E-state index is 13.6. The smallest absolute Gasteiger partial charge is 0.192 e. The second-order valence-corrected chi connectivity index (χ2v) is 10.6. The summed E-state index contributed by atoms with van der Waals surface area (Å²) in [7, 11) is 0. The van der Waals surface area contributed by atoms with Crippen molar-refractivity contribution in [1.82, 2.24) is 19.7 Å². The van der Waals surface area contributed by atoms with Gasteiger partial charge in [-0.25, -0.2) is 9.37 Å². The number of aromatic nitrogens is 4. The van der Waals surface area contributed by atoms with Gasteiger partial charge in [-0.05, 0) is 86.2 Å². The summed E-state index contributed by atoms with van der Waals surface area (Å²) in [5.74, 6) is 1.22. The zero-order valence-corrected chi connectivity index (χ0v) is 21.2. The number of aryl methyl sites for hydroxylation is 2. The molecule has 34 heavy (non-hydrogen) atoms. The first-order chi connectivity index (χ1) is 16.4. The summed E-state index contributed by atoms with van der Waals surface area (Å²) in [6.07, 6.45) is 0. The first-order valence-corrected chi connectivity index (χ1v) is 13.1. The van der Waals surface area contributed by atoms with E-state index in [-0.39, 0.29) is 11.9 Å². The van der Waals surface area contributed by atoms with Crippen molar-refractivity contribution in [2.45, 2.75) is 44.6 Å². The predicted octanol–water partition coefficient (Wildman–Crippen LogP) is 7.85. The molecule has 0 spiro atoms. The van der Waals surface area contributed by atoms with Crippen molar-refractivity contribution < 1.29 is 4.39 Å². The standard InChI is InChI=1S/C27H25FN4S2/c1-16(2)32-26(30-31-27(32)34-15-19-7-5-8-20(28)13-19)22-14-24(25-9-6-10-33-25)29-23-12-18(4)17(3)11-21(22)23/h5-14,16H,15H2,1-4H3. The fraction of sp³-hybridized carbons (Fsp3) is 0.222. The van der Waals surface area contributed by atoms with E-state index in [2.05, 4.69) is 72.1 Å². The molecule has 0 bridgehead atoms. The fourth-order valence-corrected chi connectivity index (χ4v) is 5.72. The molecule has 4 nitrogen and oxygen atoms in total. The van der Waals surface area contributed by atoms with Gasteiger partial charge in [0.05, 0.1) is 16.1 Å². The molecule has 0 atom stereocenters. The van der Waals surface area contributed by atoms with Gasteiger partial charge in [0.1, 0.15) is 5.82 Å². The van der Waals surface area contributed by atoms with Crippen molar-refractivity contribution in [3.05, 3.63) is 82.5 Å². The van der Waals surface area contributed by atoms with E-state index < -0.39 is 0 Å². The second kappa shape index (κ2) is 9.31. The number of benzene rings is 2. The maximum Gasteiger partial charge on any atom is 0.192 e. The van der Waals surface area contributed by atoms with Gasteiger partial charge in [-0.2, -0.15) is 0 Å². The number of rotatable bonds is 6. The Hall–Kier alpha value is -3.03. The lowest BCUT2D eigenvalue weighted by molar-refractivity contribution is 0.555. The molecule has 0 aliphatic rings. The fourth-order valence-electron chi connectivity index (χ4n) is 4.02. The van der Waals surface area contributed by atoms with Crippen LogP contribution in [0.1, 0.15) is 36.6 Å². The van der Waals surface area contributed by atoms with Gasteiger partial charge >= 0.3 is 0 Å². The van der Waals surface area contributed by atoms with E-state index in [1.807, 2.05) is 12.1 Å². The summed E-state index contributed by atoms with van der Waals surface area (Å²) >= 11 is 3.25. The summed E-state index contributed by atoms with van der Waals surface area (Å²) in [6, 6.07) is 17.5. The Balaban J connectivity index is 1.64. The molecule has 0 fully saturated rings. The number of nitrogens with zero attached hydrogens (tertiary/aromatic N) is 4. The molecule has 0 saturated carbocycles. The third kappa shape index (κ3) is 4.38. The van der Waals surface area contributed by atoms with Crippen LogP contribution in [0.3, 0.4) is 0 Å². The van der Waals surface area contributed by atoms with Gasteiger partial charge in [0.15, 0.2) is 11.0 Å². The van der Waals surface area contributed by atoms with Crippen molar-refractivity contribution in [1.29, 1.82) is 0 Å². The first-order valence-electron chi connectivity index (χ1n) is 11.2. The zero-order valence-electron chi connectivity index (χ0n) is 19.5. The second-order valence-electron chi connectivity index (χ2n) is 8.67. The Morgan fingerprint density at radius 2 is 1.82 bits per heavy atom. The molecule has 0 saturated heterocycles. The normalized spacial score (nSPS) is 11.6. The van der Waals surface area contributed by atoms with Crippen LogP contribution in [0, 0.1) is 19.7 Å². The quantitative estimate of drug-likeness (QED) is 0.228. The molecule has 0 aliphatic heterocycles. The molecule has 5 rings (SSSR count). The van der Waals surface area contributed by atoms with Crippen LogP contribution in [0.5, 0.6) is 0 Å². The summed E-state index contributed by atoms with van der Waals surface area (Å²) in [6.45, 7) is 8.51. The highest BCUT2D eigenvalue weighted by Crippen LogP contribution is 2.37. The number of hydrogen-bond acceptors (Lipinski definition) is 5. The third-order valence-corrected chi connectivity index (χ3v) is 7.78. The molecule has 0 N–H and O–H groups in total. The van der Waals surface area contributed by atoms with Crippen molar-refractivity contribution in [2.24, 2.45) is 0 Å². The predicted molar refractivity (Wildman–Crippen MR) is 140 cm³/mol. The molecule has 0 amide bonds. The Labute approximate surface area is 206 Å². The van der Waals surface area contributed by atoms with Gasteiger partial charge in [0, 0.05) is 22.7 Å². The van der Waals surface area contributed by atoms with Gasteiger partial charge in [-0.1, -0.05) is 30.0 Å². The highest BCUT2D eigenvalue weighted by Gasteiger charge is 2.21. The van der Waals surface area contributed by atoms with Crippen LogP contribution in [-0.4, -0.2) is 19.7 Å². The van der Waals surface area contributed by atoms with Gasteiger partial charge in [0.2, 0.25) is 0 Å². The molecular formula is C27H25FN4S2. The lowest BCUT2D eigenvalue weighted by Crippen LogP contribution is -2.06. The highest BCUT2D eigenvalue weighted by atomic mass is 32.2. The van der Waals surface area contributed by atoms with Crippen LogP contribution in [0.15, 0.2) is 65.1 Å². The molecule has 7 heteroatoms. The Kier molecular flexibility index (Phi) is 6.23.